The first-order valence-electron chi connectivity index (χ1n) is 7.96. The predicted octanol–water partition coefficient (Wildman–Crippen LogP) is 3.79. The van der Waals surface area contributed by atoms with E-state index < -0.39 is 23.8 Å². The van der Waals surface area contributed by atoms with E-state index >= 15 is 0 Å². The Labute approximate surface area is 151 Å². The quantitative estimate of drug-likeness (QED) is 0.791. The van der Waals surface area contributed by atoms with Gasteiger partial charge in [-0.2, -0.15) is 0 Å². The lowest BCUT2D eigenvalue weighted by atomic mass is 10.0. The molecule has 0 aliphatic carbocycles. The first-order chi connectivity index (χ1) is 12.7. The van der Waals surface area contributed by atoms with E-state index in [1.807, 2.05) is 0 Å². The fourth-order valence-electron chi connectivity index (χ4n) is 2.68. The maximum atomic E-state index is 14.1. The van der Waals surface area contributed by atoms with Gasteiger partial charge in [-0.05, 0) is 41.8 Å². The minimum absolute atomic E-state index is 0.0852. The first-order valence-corrected chi connectivity index (χ1v) is 7.96. The smallest absolute Gasteiger partial charge is 0.406 e. The van der Waals surface area contributed by atoms with Crippen molar-refractivity contribution in [1.29, 1.82) is 0 Å². The maximum Gasteiger partial charge on any atom is 0.573 e. The zero-order valence-electron chi connectivity index (χ0n) is 13.8. The van der Waals surface area contributed by atoms with Crippen LogP contribution in [0.4, 0.5) is 28.9 Å². The molecule has 0 fully saturated rings. The Kier molecular flexibility index (Phi) is 5.02. The minimum Gasteiger partial charge on any atom is -0.406 e. The molecule has 0 radical (unpaired) electrons. The van der Waals surface area contributed by atoms with Crippen molar-refractivity contribution in [3.05, 3.63) is 53.3 Å². The Morgan fingerprint density at radius 1 is 1.15 bits per heavy atom. The highest BCUT2D eigenvalue weighted by atomic mass is 19.4. The number of nitrogens with one attached hydrogen (secondary N) is 2. The van der Waals surface area contributed by atoms with E-state index in [0.717, 1.165) is 12.1 Å². The summed E-state index contributed by atoms with van der Waals surface area (Å²) < 4.78 is 54.3. The van der Waals surface area contributed by atoms with Crippen LogP contribution >= 0.6 is 0 Å². The number of rotatable bonds is 4. The number of halogens is 4. The van der Waals surface area contributed by atoms with Crippen LogP contribution in [-0.4, -0.2) is 18.2 Å². The number of carbonyl (C=O) groups is 2. The molecule has 0 spiro atoms. The number of carbonyl (C=O) groups excluding carboxylic acids is 2. The van der Waals surface area contributed by atoms with E-state index in [-0.39, 0.29) is 24.4 Å². The average molecular weight is 382 g/mol. The highest BCUT2D eigenvalue weighted by Crippen LogP contribution is 2.29. The lowest BCUT2D eigenvalue weighted by Crippen LogP contribution is -2.21. The van der Waals surface area contributed by atoms with Crippen molar-refractivity contribution in [2.24, 2.45) is 0 Å². The first kappa shape index (κ1) is 18.7. The number of hydrogen-bond donors (Lipinski definition) is 2. The molecule has 0 bridgehead atoms. The van der Waals surface area contributed by atoms with Gasteiger partial charge in [-0.15, -0.1) is 13.2 Å². The van der Waals surface area contributed by atoms with Crippen molar-refractivity contribution in [3.8, 4) is 5.75 Å². The molecule has 3 rings (SSSR count). The summed E-state index contributed by atoms with van der Waals surface area (Å²) in [5, 5.41) is 5.01. The molecular weight excluding hydrogens is 368 g/mol. The molecule has 2 amide bonds. The molecule has 1 heterocycles. The van der Waals surface area contributed by atoms with Gasteiger partial charge in [-0.3, -0.25) is 9.59 Å². The molecule has 0 saturated carbocycles. The second-order valence-electron chi connectivity index (χ2n) is 5.95. The Morgan fingerprint density at radius 3 is 2.52 bits per heavy atom. The van der Waals surface area contributed by atoms with Crippen molar-refractivity contribution in [2.75, 3.05) is 10.6 Å². The van der Waals surface area contributed by atoms with Crippen LogP contribution in [0.15, 0.2) is 36.4 Å². The SMILES string of the molecule is O=C(Cc1ccc(OC(F)(F)F)cc1)Nc1cc2c(cc1F)CCC(=O)N2. The molecule has 1 aliphatic heterocycles. The number of aryl methyl sites for hydroxylation is 1. The standard InChI is InChI=1S/C18H14F4N2O3/c19-13-8-11-3-6-16(25)23-14(11)9-15(13)24-17(26)7-10-1-4-12(5-2-10)27-18(20,21)22/h1-2,4-5,8-9H,3,6-7H2,(H,23,25)(H,24,26). The van der Waals surface area contributed by atoms with Crippen LogP contribution in [0.2, 0.25) is 0 Å². The van der Waals surface area contributed by atoms with Gasteiger partial charge in [0.1, 0.15) is 11.6 Å². The number of ether oxygens (including phenoxy) is 1. The van der Waals surface area contributed by atoms with Crippen molar-refractivity contribution in [2.45, 2.75) is 25.6 Å². The molecule has 2 aromatic carbocycles. The number of hydrogen-bond acceptors (Lipinski definition) is 3. The van der Waals surface area contributed by atoms with Crippen molar-refractivity contribution >= 4 is 23.2 Å². The van der Waals surface area contributed by atoms with E-state index in [0.29, 0.717) is 23.2 Å². The van der Waals surface area contributed by atoms with E-state index in [1.54, 1.807) is 0 Å². The van der Waals surface area contributed by atoms with Gasteiger partial charge in [0, 0.05) is 12.1 Å². The van der Waals surface area contributed by atoms with Crippen LogP contribution in [0.25, 0.3) is 0 Å². The summed E-state index contributed by atoms with van der Waals surface area (Å²) in [6, 6.07) is 7.40. The zero-order chi connectivity index (χ0) is 19.6. The molecule has 5 nitrogen and oxygen atoms in total. The normalized spacial score (nSPS) is 13.6. The molecule has 142 valence electrons. The summed E-state index contributed by atoms with van der Waals surface area (Å²) in [5.41, 5.74) is 1.42. The summed E-state index contributed by atoms with van der Waals surface area (Å²) >= 11 is 0. The number of alkyl halides is 3. The zero-order valence-corrected chi connectivity index (χ0v) is 13.8. The molecule has 2 N–H and O–H groups in total. The lowest BCUT2D eigenvalue weighted by Gasteiger charge is -2.18. The van der Waals surface area contributed by atoms with Crippen LogP contribution in [0, 0.1) is 5.82 Å². The van der Waals surface area contributed by atoms with E-state index in [1.165, 1.54) is 24.3 Å². The Balaban J connectivity index is 1.66. The maximum absolute atomic E-state index is 14.1. The van der Waals surface area contributed by atoms with Crippen LogP contribution in [0.5, 0.6) is 5.75 Å². The largest absolute Gasteiger partial charge is 0.573 e. The van der Waals surface area contributed by atoms with Gasteiger partial charge < -0.3 is 15.4 Å². The predicted molar refractivity (Wildman–Crippen MR) is 88.8 cm³/mol. The molecule has 27 heavy (non-hydrogen) atoms. The molecular formula is C18H14F4N2O3. The Morgan fingerprint density at radius 2 is 1.85 bits per heavy atom. The molecule has 1 aliphatic rings. The third kappa shape index (κ3) is 4.96. The Hall–Kier alpha value is -3.10. The average Bonchev–Trinajstić information content (AvgIpc) is 2.56. The van der Waals surface area contributed by atoms with Crippen molar-refractivity contribution < 1.29 is 31.9 Å². The fourth-order valence-corrected chi connectivity index (χ4v) is 2.68. The summed E-state index contributed by atoms with van der Waals surface area (Å²) in [6.45, 7) is 0. The summed E-state index contributed by atoms with van der Waals surface area (Å²) in [5.74, 6) is -1.77. The second-order valence-corrected chi connectivity index (χ2v) is 5.95. The van der Waals surface area contributed by atoms with Gasteiger partial charge in [0.25, 0.3) is 0 Å². The van der Waals surface area contributed by atoms with Crippen molar-refractivity contribution in [1.82, 2.24) is 0 Å². The summed E-state index contributed by atoms with van der Waals surface area (Å²) in [4.78, 5) is 23.5. The van der Waals surface area contributed by atoms with Crippen LogP contribution in [0.3, 0.4) is 0 Å². The Bertz CT molecular complexity index is 879. The van der Waals surface area contributed by atoms with E-state index in [4.69, 9.17) is 0 Å². The van der Waals surface area contributed by atoms with Gasteiger partial charge in [-0.1, -0.05) is 12.1 Å². The van der Waals surface area contributed by atoms with Crippen molar-refractivity contribution in [3.63, 3.8) is 0 Å². The number of benzene rings is 2. The topological polar surface area (TPSA) is 67.4 Å². The molecule has 2 aromatic rings. The fraction of sp³-hybridized carbons (Fsp3) is 0.222. The van der Waals surface area contributed by atoms with Crippen LogP contribution < -0.4 is 15.4 Å². The summed E-state index contributed by atoms with van der Waals surface area (Å²) in [6.07, 6.45) is -4.28. The number of anilines is 2. The van der Waals surface area contributed by atoms with Crippen LogP contribution in [0.1, 0.15) is 17.5 Å². The van der Waals surface area contributed by atoms with Gasteiger partial charge in [-0.25, -0.2) is 4.39 Å². The molecule has 0 aromatic heterocycles. The molecule has 0 saturated heterocycles. The van der Waals surface area contributed by atoms with E-state index in [9.17, 15) is 27.2 Å². The van der Waals surface area contributed by atoms with Gasteiger partial charge in [0.2, 0.25) is 11.8 Å². The molecule has 0 unspecified atom stereocenters. The monoisotopic (exact) mass is 382 g/mol. The molecule has 0 atom stereocenters. The lowest BCUT2D eigenvalue weighted by molar-refractivity contribution is -0.274. The highest BCUT2D eigenvalue weighted by Gasteiger charge is 2.31. The number of fused-ring (bicyclic) bond motifs is 1. The number of amides is 2. The minimum atomic E-state index is -4.79. The van der Waals surface area contributed by atoms with Gasteiger partial charge in [0.15, 0.2) is 0 Å². The second kappa shape index (κ2) is 7.26. The van der Waals surface area contributed by atoms with Gasteiger partial charge >= 0.3 is 6.36 Å². The third-order valence-corrected chi connectivity index (χ3v) is 3.88. The van der Waals surface area contributed by atoms with Crippen LogP contribution in [-0.2, 0) is 22.4 Å². The third-order valence-electron chi connectivity index (χ3n) is 3.88. The van der Waals surface area contributed by atoms with Gasteiger partial charge in [0.05, 0.1) is 12.1 Å². The van der Waals surface area contributed by atoms with E-state index in [2.05, 4.69) is 15.4 Å². The molecule has 9 heteroatoms. The summed E-state index contributed by atoms with van der Waals surface area (Å²) in [7, 11) is 0. The highest BCUT2D eigenvalue weighted by molar-refractivity contribution is 5.97.